The Kier molecular flexibility index (Phi) is 4.93. The van der Waals surface area contributed by atoms with Gasteiger partial charge in [-0.15, -0.1) is 0 Å². The van der Waals surface area contributed by atoms with E-state index in [0.717, 1.165) is 17.8 Å². The van der Waals surface area contributed by atoms with E-state index in [9.17, 15) is 13.6 Å². The average molecular weight is 357 g/mol. The number of nitrogens with zero attached hydrogens (tertiary/aromatic N) is 1. The van der Waals surface area contributed by atoms with Gasteiger partial charge in [0, 0.05) is 18.0 Å². The molecule has 3 N–H and O–H groups in total. The number of benzene rings is 2. The first kappa shape index (κ1) is 17.2. The molecule has 0 aliphatic carbocycles. The SMILES string of the molecule is O=C(O)Nc1ccc(Oc2ccnc(Nc3ccccc3)c2)c(F)c1F. The highest BCUT2D eigenvalue weighted by atomic mass is 19.2. The number of carbonyl (C=O) groups is 1. The van der Waals surface area contributed by atoms with Gasteiger partial charge in [0.05, 0.1) is 5.69 Å². The molecule has 1 amide bonds. The molecular formula is C18H13F2N3O3. The van der Waals surface area contributed by atoms with Gasteiger partial charge in [-0.05, 0) is 30.3 Å². The van der Waals surface area contributed by atoms with Crippen LogP contribution in [0.3, 0.4) is 0 Å². The molecule has 0 saturated carbocycles. The maximum Gasteiger partial charge on any atom is 0.409 e. The molecule has 0 fully saturated rings. The Morgan fingerprint density at radius 1 is 1.04 bits per heavy atom. The van der Waals surface area contributed by atoms with Crippen molar-refractivity contribution in [3.63, 3.8) is 0 Å². The molecule has 3 aromatic rings. The lowest BCUT2D eigenvalue weighted by atomic mass is 10.2. The van der Waals surface area contributed by atoms with Crippen molar-refractivity contribution in [1.29, 1.82) is 0 Å². The van der Waals surface area contributed by atoms with Gasteiger partial charge < -0.3 is 15.2 Å². The summed E-state index contributed by atoms with van der Waals surface area (Å²) in [7, 11) is 0. The Morgan fingerprint density at radius 3 is 2.54 bits per heavy atom. The van der Waals surface area contributed by atoms with E-state index < -0.39 is 23.4 Å². The molecule has 8 heteroatoms. The summed E-state index contributed by atoms with van der Waals surface area (Å²) in [6.07, 6.45) is -0.0439. The van der Waals surface area contributed by atoms with Crippen molar-refractivity contribution in [3.8, 4) is 11.5 Å². The van der Waals surface area contributed by atoms with Gasteiger partial charge in [-0.3, -0.25) is 5.32 Å². The summed E-state index contributed by atoms with van der Waals surface area (Å²) in [6.45, 7) is 0. The van der Waals surface area contributed by atoms with Crippen molar-refractivity contribution >= 4 is 23.3 Å². The fourth-order valence-electron chi connectivity index (χ4n) is 2.16. The van der Waals surface area contributed by atoms with Crippen LogP contribution in [0.4, 0.5) is 30.8 Å². The van der Waals surface area contributed by atoms with Crippen molar-refractivity contribution in [1.82, 2.24) is 4.98 Å². The van der Waals surface area contributed by atoms with Crippen LogP contribution in [0.2, 0.25) is 0 Å². The molecule has 0 atom stereocenters. The first-order chi connectivity index (χ1) is 12.5. The molecule has 0 bridgehead atoms. The Hall–Kier alpha value is -3.68. The van der Waals surface area contributed by atoms with Crippen LogP contribution >= 0.6 is 0 Å². The van der Waals surface area contributed by atoms with Gasteiger partial charge in [0.25, 0.3) is 0 Å². The van der Waals surface area contributed by atoms with E-state index in [-0.39, 0.29) is 11.5 Å². The van der Waals surface area contributed by atoms with Crippen LogP contribution in [0.5, 0.6) is 11.5 Å². The summed E-state index contributed by atoms with van der Waals surface area (Å²) in [5.74, 6) is -2.34. The number of carboxylic acid groups (broad SMARTS) is 1. The van der Waals surface area contributed by atoms with Gasteiger partial charge in [-0.25, -0.2) is 14.2 Å². The third-order valence-electron chi connectivity index (χ3n) is 3.29. The van der Waals surface area contributed by atoms with E-state index in [1.54, 1.807) is 5.32 Å². The highest BCUT2D eigenvalue weighted by molar-refractivity contribution is 5.83. The van der Waals surface area contributed by atoms with Crippen LogP contribution in [-0.4, -0.2) is 16.2 Å². The highest BCUT2D eigenvalue weighted by Gasteiger charge is 2.16. The van der Waals surface area contributed by atoms with Crippen molar-refractivity contribution in [2.45, 2.75) is 0 Å². The quantitative estimate of drug-likeness (QED) is 0.599. The smallest absolute Gasteiger partial charge is 0.409 e. The van der Waals surface area contributed by atoms with Crippen LogP contribution in [0.15, 0.2) is 60.8 Å². The minimum atomic E-state index is -1.50. The van der Waals surface area contributed by atoms with Crippen LogP contribution in [0.25, 0.3) is 0 Å². The van der Waals surface area contributed by atoms with Gasteiger partial charge in [0.1, 0.15) is 11.6 Å². The standard InChI is InChI=1S/C18H13F2N3O3/c19-16-13(23-18(24)25)6-7-14(17(16)20)26-12-8-9-21-15(10-12)22-11-4-2-1-3-5-11/h1-10,23H,(H,21,22)(H,24,25). The van der Waals surface area contributed by atoms with Crippen molar-refractivity contribution < 1.29 is 23.4 Å². The topological polar surface area (TPSA) is 83.5 Å². The first-order valence-corrected chi connectivity index (χ1v) is 7.47. The number of para-hydroxylation sites is 1. The van der Waals surface area contributed by atoms with E-state index in [1.807, 2.05) is 30.3 Å². The summed E-state index contributed by atoms with van der Waals surface area (Å²) in [5, 5.41) is 13.4. The zero-order chi connectivity index (χ0) is 18.5. The number of halogens is 2. The number of nitrogens with one attached hydrogen (secondary N) is 2. The van der Waals surface area contributed by atoms with E-state index in [2.05, 4.69) is 10.3 Å². The third-order valence-corrected chi connectivity index (χ3v) is 3.29. The molecule has 0 unspecified atom stereocenters. The van der Waals surface area contributed by atoms with Crippen molar-refractivity contribution in [2.24, 2.45) is 0 Å². The monoisotopic (exact) mass is 357 g/mol. The predicted molar refractivity (Wildman–Crippen MR) is 92.0 cm³/mol. The number of rotatable bonds is 5. The predicted octanol–water partition coefficient (Wildman–Crippen LogP) is 4.99. The number of aromatic nitrogens is 1. The lowest BCUT2D eigenvalue weighted by Gasteiger charge is -2.11. The minimum absolute atomic E-state index is 0.232. The third kappa shape index (κ3) is 4.04. The first-order valence-electron chi connectivity index (χ1n) is 7.47. The largest absolute Gasteiger partial charge is 0.465 e. The molecule has 0 aliphatic rings. The van der Waals surface area contributed by atoms with Crippen LogP contribution in [-0.2, 0) is 0 Å². The van der Waals surface area contributed by atoms with Gasteiger partial charge in [-0.2, -0.15) is 4.39 Å². The van der Waals surface area contributed by atoms with Crippen molar-refractivity contribution in [2.75, 3.05) is 10.6 Å². The highest BCUT2D eigenvalue weighted by Crippen LogP contribution is 2.30. The molecule has 0 spiro atoms. The van der Waals surface area contributed by atoms with Gasteiger partial charge in [-0.1, -0.05) is 18.2 Å². The van der Waals surface area contributed by atoms with E-state index in [0.29, 0.717) is 5.82 Å². The normalized spacial score (nSPS) is 10.2. The molecule has 132 valence electrons. The Balaban J connectivity index is 1.80. The van der Waals surface area contributed by atoms with Crippen LogP contribution in [0.1, 0.15) is 0 Å². The average Bonchev–Trinajstić information content (AvgIpc) is 2.62. The fraction of sp³-hybridized carbons (Fsp3) is 0. The van der Waals surface area contributed by atoms with Crippen LogP contribution in [0, 0.1) is 11.6 Å². The number of anilines is 3. The molecule has 0 saturated heterocycles. The second-order valence-electron chi connectivity index (χ2n) is 5.14. The van der Waals surface area contributed by atoms with Gasteiger partial charge in [0.2, 0.25) is 5.82 Å². The Morgan fingerprint density at radius 2 is 1.81 bits per heavy atom. The molecule has 26 heavy (non-hydrogen) atoms. The number of ether oxygens (including phenoxy) is 1. The van der Waals surface area contributed by atoms with E-state index in [4.69, 9.17) is 9.84 Å². The lowest BCUT2D eigenvalue weighted by molar-refractivity contribution is 0.209. The number of pyridine rings is 1. The van der Waals surface area contributed by atoms with Crippen LogP contribution < -0.4 is 15.4 Å². The second-order valence-corrected chi connectivity index (χ2v) is 5.14. The summed E-state index contributed by atoms with van der Waals surface area (Å²) >= 11 is 0. The minimum Gasteiger partial charge on any atom is -0.465 e. The van der Waals surface area contributed by atoms with E-state index in [1.165, 1.54) is 18.3 Å². The zero-order valence-electron chi connectivity index (χ0n) is 13.2. The number of hydrogen-bond donors (Lipinski definition) is 3. The number of amides is 1. The molecule has 1 aromatic heterocycles. The van der Waals surface area contributed by atoms with Gasteiger partial charge in [0.15, 0.2) is 11.6 Å². The second kappa shape index (κ2) is 7.47. The molecule has 1 heterocycles. The summed E-state index contributed by atoms with van der Waals surface area (Å²) in [4.78, 5) is 14.7. The van der Waals surface area contributed by atoms with Crippen molar-refractivity contribution in [3.05, 3.63) is 72.4 Å². The molecular weight excluding hydrogens is 344 g/mol. The maximum absolute atomic E-state index is 14.1. The molecule has 0 aliphatic heterocycles. The molecule has 3 rings (SSSR count). The molecule has 0 radical (unpaired) electrons. The molecule has 2 aromatic carbocycles. The van der Waals surface area contributed by atoms with E-state index >= 15 is 0 Å². The maximum atomic E-state index is 14.1. The summed E-state index contributed by atoms with van der Waals surface area (Å²) < 4.78 is 33.3. The zero-order valence-corrected chi connectivity index (χ0v) is 13.2. The summed E-state index contributed by atoms with van der Waals surface area (Å²) in [5.41, 5.74) is 0.307. The Labute approximate surface area is 147 Å². The fourth-order valence-corrected chi connectivity index (χ4v) is 2.16. The summed E-state index contributed by atoms with van der Waals surface area (Å²) in [6, 6.07) is 14.5. The number of hydrogen-bond acceptors (Lipinski definition) is 4. The van der Waals surface area contributed by atoms with Gasteiger partial charge >= 0.3 is 6.09 Å². The Bertz CT molecular complexity index is 936. The molecule has 6 nitrogen and oxygen atoms in total. The lowest BCUT2D eigenvalue weighted by Crippen LogP contribution is -2.09.